The van der Waals surface area contributed by atoms with Gasteiger partial charge in [-0.15, -0.1) is 0 Å². The molecule has 0 saturated heterocycles. The summed E-state index contributed by atoms with van der Waals surface area (Å²) in [6.45, 7) is 0. The molecule has 0 atom stereocenters. The number of nitrogens with two attached hydrogens (primary N) is 1. The number of carbonyl (C=O) groups is 1. The van der Waals surface area contributed by atoms with E-state index in [4.69, 9.17) is 17.3 Å². The van der Waals surface area contributed by atoms with E-state index in [1.165, 1.54) is 6.07 Å². The molecule has 0 aliphatic carbocycles. The van der Waals surface area contributed by atoms with E-state index < -0.39 is 17.8 Å². The molecule has 0 fully saturated rings. The predicted octanol–water partition coefficient (Wildman–Crippen LogP) is 2.36. The minimum atomic E-state index is -4.56. The van der Waals surface area contributed by atoms with Crippen LogP contribution in [0.1, 0.15) is 11.1 Å². The van der Waals surface area contributed by atoms with Crippen LogP contribution in [0, 0.1) is 0 Å². The molecule has 0 bridgehead atoms. The van der Waals surface area contributed by atoms with E-state index in [0.29, 0.717) is 0 Å². The lowest BCUT2D eigenvalue weighted by molar-refractivity contribution is -0.137. The molecule has 92 valence electrons. The van der Waals surface area contributed by atoms with E-state index in [2.05, 4.69) is 5.10 Å². The number of nitrogens with zero attached hydrogens (tertiary/aromatic N) is 1. The van der Waals surface area contributed by atoms with Crippen LogP contribution in [-0.2, 0) is 6.18 Å². The van der Waals surface area contributed by atoms with Crippen molar-refractivity contribution in [2.45, 2.75) is 6.18 Å². The smallest absolute Gasteiger partial charge is 0.350 e. The van der Waals surface area contributed by atoms with Crippen molar-refractivity contribution in [3.05, 3.63) is 34.3 Å². The Bertz CT molecular complexity index is 459. The molecule has 3 N–H and O–H groups in total. The van der Waals surface area contributed by atoms with Crippen LogP contribution in [0.5, 0.6) is 0 Å². The number of urea groups is 1. The molecule has 0 saturated carbocycles. The van der Waals surface area contributed by atoms with E-state index in [0.717, 1.165) is 18.3 Å². The van der Waals surface area contributed by atoms with Gasteiger partial charge in [0.05, 0.1) is 11.8 Å². The van der Waals surface area contributed by atoms with Crippen LogP contribution < -0.4 is 11.2 Å². The van der Waals surface area contributed by atoms with Crippen molar-refractivity contribution >= 4 is 23.8 Å². The first-order chi connectivity index (χ1) is 7.80. The summed E-state index contributed by atoms with van der Waals surface area (Å²) < 4.78 is 37.7. The Morgan fingerprint density at radius 1 is 1.47 bits per heavy atom. The highest BCUT2D eigenvalue weighted by molar-refractivity contribution is 6.30. The second kappa shape index (κ2) is 5.05. The lowest BCUT2D eigenvalue weighted by Gasteiger charge is -2.10. The minimum Gasteiger partial charge on any atom is -0.350 e. The fraction of sp³-hybridized carbons (Fsp3) is 0.111. The van der Waals surface area contributed by atoms with E-state index in [1.54, 1.807) is 5.43 Å². The van der Waals surface area contributed by atoms with Crippen molar-refractivity contribution in [1.29, 1.82) is 0 Å². The van der Waals surface area contributed by atoms with E-state index >= 15 is 0 Å². The van der Waals surface area contributed by atoms with Crippen molar-refractivity contribution < 1.29 is 18.0 Å². The normalized spacial score (nSPS) is 11.8. The number of alkyl halides is 3. The van der Waals surface area contributed by atoms with Crippen LogP contribution in [0.15, 0.2) is 23.3 Å². The van der Waals surface area contributed by atoms with Gasteiger partial charge < -0.3 is 5.73 Å². The van der Waals surface area contributed by atoms with Gasteiger partial charge in [0.25, 0.3) is 0 Å². The number of nitrogens with one attached hydrogen (secondary N) is 1. The van der Waals surface area contributed by atoms with Crippen LogP contribution in [-0.4, -0.2) is 12.2 Å². The highest BCUT2D eigenvalue weighted by Crippen LogP contribution is 2.33. The molecule has 0 aliphatic heterocycles. The zero-order valence-corrected chi connectivity index (χ0v) is 9.01. The van der Waals surface area contributed by atoms with Gasteiger partial charge in [-0.05, 0) is 12.1 Å². The highest BCUT2D eigenvalue weighted by atomic mass is 35.5. The number of amides is 2. The third-order valence-corrected chi connectivity index (χ3v) is 1.93. The van der Waals surface area contributed by atoms with E-state index in [9.17, 15) is 18.0 Å². The largest absolute Gasteiger partial charge is 0.417 e. The number of carbonyl (C=O) groups excluding carboxylic acids is 1. The number of rotatable bonds is 2. The first-order valence-electron chi connectivity index (χ1n) is 4.26. The molecule has 1 aromatic carbocycles. The number of primary amides is 1. The summed E-state index contributed by atoms with van der Waals surface area (Å²) in [5.41, 5.74) is 5.32. The number of hydrogen-bond acceptors (Lipinski definition) is 2. The third-order valence-electron chi connectivity index (χ3n) is 1.70. The standard InChI is InChI=1S/C9H7ClF3N3O/c10-6-2-1-5(4-15-16-8(14)17)7(3-6)9(11,12)13/h1-4H,(H3,14,16,17). The fourth-order valence-corrected chi connectivity index (χ4v) is 1.22. The van der Waals surface area contributed by atoms with Crippen molar-refractivity contribution in [3.63, 3.8) is 0 Å². The molecule has 0 radical (unpaired) electrons. The lowest BCUT2D eigenvalue weighted by atomic mass is 10.1. The van der Waals surface area contributed by atoms with Crippen molar-refractivity contribution in [3.8, 4) is 0 Å². The fourth-order valence-electron chi connectivity index (χ4n) is 1.05. The Labute approximate surface area is 99.2 Å². The van der Waals surface area contributed by atoms with Gasteiger partial charge in [0.2, 0.25) is 0 Å². The lowest BCUT2D eigenvalue weighted by Crippen LogP contribution is -2.24. The summed E-state index contributed by atoms with van der Waals surface area (Å²) in [6.07, 6.45) is -3.72. The number of hydrazone groups is 1. The Balaban J connectivity index is 3.07. The quantitative estimate of drug-likeness (QED) is 0.625. The molecule has 0 spiro atoms. The van der Waals surface area contributed by atoms with Crippen LogP contribution in [0.4, 0.5) is 18.0 Å². The summed E-state index contributed by atoms with van der Waals surface area (Å²) >= 11 is 5.47. The van der Waals surface area contributed by atoms with Gasteiger partial charge in [-0.2, -0.15) is 18.3 Å². The van der Waals surface area contributed by atoms with Crippen LogP contribution in [0.3, 0.4) is 0 Å². The summed E-state index contributed by atoms with van der Waals surface area (Å²) in [7, 11) is 0. The maximum atomic E-state index is 12.6. The van der Waals surface area contributed by atoms with Gasteiger partial charge in [0.15, 0.2) is 0 Å². The van der Waals surface area contributed by atoms with Gasteiger partial charge in [-0.3, -0.25) is 0 Å². The third kappa shape index (κ3) is 3.95. The molecule has 8 heteroatoms. The van der Waals surface area contributed by atoms with Crippen LogP contribution in [0.2, 0.25) is 5.02 Å². The molecule has 1 aromatic rings. The van der Waals surface area contributed by atoms with Crippen molar-refractivity contribution in [1.82, 2.24) is 5.43 Å². The second-order valence-electron chi connectivity index (χ2n) is 2.96. The molecule has 0 heterocycles. The Kier molecular flexibility index (Phi) is 3.95. The molecule has 17 heavy (non-hydrogen) atoms. The Hall–Kier alpha value is -1.76. The van der Waals surface area contributed by atoms with Gasteiger partial charge in [0, 0.05) is 10.6 Å². The number of benzene rings is 1. The summed E-state index contributed by atoms with van der Waals surface area (Å²) in [5, 5.41) is 3.21. The number of hydrogen-bond donors (Lipinski definition) is 2. The zero-order valence-electron chi connectivity index (χ0n) is 8.25. The van der Waals surface area contributed by atoms with Gasteiger partial charge in [-0.25, -0.2) is 10.2 Å². The average Bonchev–Trinajstić information content (AvgIpc) is 2.18. The predicted molar refractivity (Wildman–Crippen MR) is 56.8 cm³/mol. The topological polar surface area (TPSA) is 67.5 Å². The summed E-state index contributed by atoms with van der Waals surface area (Å²) in [6, 6.07) is 2.22. The Morgan fingerprint density at radius 2 is 2.12 bits per heavy atom. The van der Waals surface area contributed by atoms with E-state index in [-0.39, 0.29) is 10.6 Å². The van der Waals surface area contributed by atoms with Crippen molar-refractivity contribution in [2.24, 2.45) is 10.8 Å². The molecule has 0 aliphatic rings. The molecule has 1 rings (SSSR count). The van der Waals surface area contributed by atoms with Gasteiger partial charge in [0.1, 0.15) is 0 Å². The van der Waals surface area contributed by atoms with Gasteiger partial charge >= 0.3 is 12.2 Å². The molecule has 2 amide bonds. The zero-order chi connectivity index (χ0) is 13.1. The summed E-state index contributed by atoms with van der Waals surface area (Å²) in [5.74, 6) is 0. The molecule has 0 unspecified atom stereocenters. The summed E-state index contributed by atoms with van der Waals surface area (Å²) in [4.78, 5) is 10.3. The molecular weight excluding hydrogens is 259 g/mol. The molecule has 4 nitrogen and oxygen atoms in total. The molecular formula is C9H7ClF3N3O. The minimum absolute atomic E-state index is 0.0441. The maximum Gasteiger partial charge on any atom is 0.417 e. The maximum absolute atomic E-state index is 12.6. The monoisotopic (exact) mass is 265 g/mol. The SMILES string of the molecule is NC(=O)NN=Cc1ccc(Cl)cc1C(F)(F)F. The number of halogens is 4. The first kappa shape index (κ1) is 13.3. The van der Waals surface area contributed by atoms with E-state index in [1.807, 2.05) is 0 Å². The van der Waals surface area contributed by atoms with Crippen LogP contribution >= 0.6 is 11.6 Å². The molecule has 0 aromatic heterocycles. The Morgan fingerprint density at radius 3 is 2.65 bits per heavy atom. The van der Waals surface area contributed by atoms with Gasteiger partial charge in [-0.1, -0.05) is 17.7 Å². The first-order valence-corrected chi connectivity index (χ1v) is 4.64. The van der Waals surface area contributed by atoms with Crippen LogP contribution in [0.25, 0.3) is 0 Å². The van der Waals surface area contributed by atoms with Crippen molar-refractivity contribution in [2.75, 3.05) is 0 Å². The average molecular weight is 266 g/mol. The highest BCUT2D eigenvalue weighted by Gasteiger charge is 2.33. The second-order valence-corrected chi connectivity index (χ2v) is 3.40.